The molecule has 0 spiro atoms. The highest BCUT2D eigenvalue weighted by molar-refractivity contribution is 5.62. The summed E-state index contributed by atoms with van der Waals surface area (Å²) in [5.41, 5.74) is 0. The second-order valence-electron chi connectivity index (χ2n) is 4.11. The van der Waals surface area contributed by atoms with E-state index in [-0.39, 0.29) is 0 Å². The summed E-state index contributed by atoms with van der Waals surface area (Å²) < 4.78 is 0. The van der Waals surface area contributed by atoms with Crippen LogP contribution in [0.2, 0.25) is 0 Å². The first-order valence-corrected chi connectivity index (χ1v) is 6.38. The molecule has 0 bridgehead atoms. The number of nitrogens with one attached hydrogen (secondary N) is 1. The molecule has 2 rings (SSSR count). The number of hydrogen-bond acceptors (Lipinski definition) is 5. The smallest absolute Gasteiger partial charge is 0.172 e. The molecule has 0 aliphatic carbocycles. The summed E-state index contributed by atoms with van der Waals surface area (Å²) in [6.45, 7) is 10.3. The highest BCUT2D eigenvalue weighted by Gasteiger charge is 2.18. The van der Waals surface area contributed by atoms with Crippen LogP contribution in [0.4, 0.5) is 11.6 Å². The van der Waals surface area contributed by atoms with Crippen LogP contribution >= 0.6 is 0 Å². The first-order chi connectivity index (χ1) is 8.36. The first kappa shape index (κ1) is 12.1. The Morgan fingerprint density at radius 3 is 2.47 bits per heavy atom. The van der Waals surface area contributed by atoms with Crippen molar-refractivity contribution in [2.75, 3.05) is 49.1 Å². The Balaban J connectivity index is 2.25. The van der Waals surface area contributed by atoms with E-state index in [1.165, 1.54) is 0 Å². The lowest BCUT2D eigenvalue weighted by molar-refractivity contribution is 0.583. The van der Waals surface area contributed by atoms with Gasteiger partial charge < -0.3 is 15.1 Å². The van der Waals surface area contributed by atoms with Gasteiger partial charge in [-0.25, -0.2) is 9.97 Å². The minimum absolute atomic E-state index is 0.967. The molecular weight excluding hydrogens is 214 g/mol. The Labute approximate surface area is 103 Å². The quantitative estimate of drug-likeness (QED) is 0.833. The van der Waals surface area contributed by atoms with Gasteiger partial charge in [-0.2, -0.15) is 0 Å². The lowest BCUT2D eigenvalue weighted by Crippen LogP contribution is -2.44. The minimum atomic E-state index is 0.967. The average Bonchev–Trinajstić information content (AvgIpc) is 2.42. The molecular formula is C12H21N5. The van der Waals surface area contributed by atoms with Gasteiger partial charge in [0.25, 0.3) is 0 Å². The SMILES string of the molecule is CCN(CC)c1nccnc1N1CCNCC1. The Morgan fingerprint density at radius 1 is 1.18 bits per heavy atom. The van der Waals surface area contributed by atoms with Crippen molar-refractivity contribution < 1.29 is 0 Å². The van der Waals surface area contributed by atoms with Gasteiger partial charge in [-0.05, 0) is 13.8 Å². The zero-order chi connectivity index (χ0) is 12.1. The van der Waals surface area contributed by atoms with E-state index < -0.39 is 0 Å². The monoisotopic (exact) mass is 235 g/mol. The Kier molecular flexibility index (Phi) is 4.14. The lowest BCUT2D eigenvalue weighted by atomic mass is 10.3. The first-order valence-electron chi connectivity index (χ1n) is 6.38. The van der Waals surface area contributed by atoms with Crippen molar-refractivity contribution in [3.8, 4) is 0 Å². The van der Waals surface area contributed by atoms with Crippen molar-refractivity contribution in [3.05, 3.63) is 12.4 Å². The van der Waals surface area contributed by atoms with Crippen LogP contribution in [-0.2, 0) is 0 Å². The van der Waals surface area contributed by atoms with Gasteiger partial charge in [0.2, 0.25) is 0 Å². The maximum atomic E-state index is 4.51. The molecule has 1 saturated heterocycles. The molecule has 0 amide bonds. The standard InChI is InChI=1S/C12H21N5/c1-3-16(4-2)11-12(15-6-5-14-11)17-9-7-13-8-10-17/h5-6,13H,3-4,7-10H2,1-2H3. The summed E-state index contributed by atoms with van der Waals surface area (Å²) in [4.78, 5) is 13.6. The molecule has 1 fully saturated rings. The molecule has 2 heterocycles. The van der Waals surface area contributed by atoms with Crippen molar-refractivity contribution in [3.63, 3.8) is 0 Å². The summed E-state index contributed by atoms with van der Waals surface area (Å²) in [6.07, 6.45) is 3.56. The van der Waals surface area contributed by atoms with Crippen molar-refractivity contribution in [2.24, 2.45) is 0 Å². The zero-order valence-electron chi connectivity index (χ0n) is 10.7. The number of anilines is 2. The maximum absolute atomic E-state index is 4.51. The molecule has 1 aromatic rings. The summed E-state index contributed by atoms with van der Waals surface area (Å²) in [7, 11) is 0. The Hall–Kier alpha value is -1.36. The molecule has 5 heteroatoms. The van der Waals surface area contributed by atoms with Crippen LogP contribution in [-0.4, -0.2) is 49.2 Å². The summed E-state index contributed by atoms with van der Waals surface area (Å²) >= 11 is 0. The van der Waals surface area contributed by atoms with E-state index >= 15 is 0 Å². The molecule has 0 unspecified atom stereocenters. The molecule has 0 saturated carbocycles. The molecule has 5 nitrogen and oxygen atoms in total. The molecule has 0 radical (unpaired) electrons. The van der Waals surface area contributed by atoms with Crippen molar-refractivity contribution in [1.82, 2.24) is 15.3 Å². The molecule has 17 heavy (non-hydrogen) atoms. The van der Waals surface area contributed by atoms with Crippen LogP contribution < -0.4 is 15.1 Å². The predicted molar refractivity (Wildman–Crippen MR) is 70.7 cm³/mol. The van der Waals surface area contributed by atoms with Crippen LogP contribution in [0.15, 0.2) is 12.4 Å². The van der Waals surface area contributed by atoms with Crippen molar-refractivity contribution in [2.45, 2.75) is 13.8 Å². The van der Waals surface area contributed by atoms with E-state index in [0.717, 1.165) is 50.9 Å². The topological polar surface area (TPSA) is 44.3 Å². The van der Waals surface area contributed by atoms with E-state index in [9.17, 15) is 0 Å². The number of rotatable bonds is 4. The van der Waals surface area contributed by atoms with Crippen LogP contribution in [0.3, 0.4) is 0 Å². The number of aromatic nitrogens is 2. The number of hydrogen-bond donors (Lipinski definition) is 1. The largest absolute Gasteiger partial charge is 0.354 e. The summed E-state index contributed by atoms with van der Waals surface area (Å²) in [5, 5.41) is 3.36. The molecule has 0 aromatic carbocycles. The normalized spacial score (nSPS) is 16.0. The Morgan fingerprint density at radius 2 is 1.82 bits per heavy atom. The van der Waals surface area contributed by atoms with Crippen LogP contribution in [0.25, 0.3) is 0 Å². The van der Waals surface area contributed by atoms with Gasteiger partial charge in [-0.1, -0.05) is 0 Å². The van der Waals surface area contributed by atoms with Gasteiger partial charge in [0, 0.05) is 51.7 Å². The third kappa shape index (κ3) is 2.66. The summed E-state index contributed by atoms with van der Waals surface area (Å²) in [5.74, 6) is 2.04. The second kappa shape index (κ2) is 5.82. The fourth-order valence-corrected chi connectivity index (χ4v) is 2.17. The molecule has 1 aliphatic rings. The fourth-order valence-electron chi connectivity index (χ4n) is 2.17. The van der Waals surface area contributed by atoms with E-state index in [1.807, 2.05) is 0 Å². The van der Waals surface area contributed by atoms with Gasteiger partial charge in [0.05, 0.1) is 0 Å². The van der Waals surface area contributed by atoms with E-state index in [1.54, 1.807) is 12.4 Å². The van der Waals surface area contributed by atoms with Crippen molar-refractivity contribution >= 4 is 11.6 Å². The summed E-state index contributed by atoms with van der Waals surface area (Å²) in [6, 6.07) is 0. The van der Waals surface area contributed by atoms with Crippen LogP contribution in [0.1, 0.15) is 13.8 Å². The third-order valence-electron chi connectivity index (χ3n) is 3.14. The van der Waals surface area contributed by atoms with E-state index in [2.05, 4.69) is 38.9 Å². The minimum Gasteiger partial charge on any atom is -0.354 e. The molecule has 1 aliphatic heterocycles. The average molecular weight is 235 g/mol. The second-order valence-corrected chi connectivity index (χ2v) is 4.11. The Bertz CT molecular complexity index is 345. The van der Waals surface area contributed by atoms with Gasteiger partial charge in [-0.15, -0.1) is 0 Å². The highest BCUT2D eigenvalue weighted by atomic mass is 15.3. The predicted octanol–water partition coefficient (Wildman–Crippen LogP) is 0.732. The van der Waals surface area contributed by atoms with E-state index in [4.69, 9.17) is 0 Å². The molecule has 0 atom stereocenters. The van der Waals surface area contributed by atoms with Crippen molar-refractivity contribution in [1.29, 1.82) is 0 Å². The number of nitrogens with zero attached hydrogens (tertiary/aromatic N) is 4. The third-order valence-corrected chi connectivity index (χ3v) is 3.14. The fraction of sp³-hybridized carbons (Fsp3) is 0.667. The zero-order valence-corrected chi connectivity index (χ0v) is 10.7. The lowest BCUT2D eigenvalue weighted by Gasteiger charge is -2.31. The highest BCUT2D eigenvalue weighted by Crippen LogP contribution is 2.23. The van der Waals surface area contributed by atoms with Crippen LogP contribution in [0, 0.1) is 0 Å². The van der Waals surface area contributed by atoms with Gasteiger partial charge in [0.15, 0.2) is 11.6 Å². The van der Waals surface area contributed by atoms with Crippen LogP contribution in [0.5, 0.6) is 0 Å². The molecule has 1 aromatic heterocycles. The van der Waals surface area contributed by atoms with Gasteiger partial charge in [0.1, 0.15) is 0 Å². The van der Waals surface area contributed by atoms with E-state index in [0.29, 0.717) is 0 Å². The van der Waals surface area contributed by atoms with Gasteiger partial charge >= 0.3 is 0 Å². The number of piperazine rings is 1. The molecule has 94 valence electrons. The van der Waals surface area contributed by atoms with Gasteiger partial charge in [-0.3, -0.25) is 0 Å². The maximum Gasteiger partial charge on any atom is 0.172 e. The molecule has 1 N–H and O–H groups in total.